The van der Waals surface area contributed by atoms with Crippen molar-refractivity contribution in [3.63, 3.8) is 0 Å². The van der Waals surface area contributed by atoms with Gasteiger partial charge < -0.3 is 15.5 Å². The van der Waals surface area contributed by atoms with E-state index in [-0.39, 0.29) is 11.6 Å². The Morgan fingerprint density at radius 3 is 2.86 bits per heavy atom. The smallest absolute Gasteiger partial charge is 0.318 e. The summed E-state index contributed by atoms with van der Waals surface area (Å²) in [6.45, 7) is 2.92. The maximum Gasteiger partial charge on any atom is 0.318 e. The molecule has 1 aliphatic carbocycles. The molecule has 2 aliphatic heterocycles. The van der Waals surface area contributed by atoms with Crippen LogP contribution in [-0.4, -0.2) is 42.1 Å². The second-order valence-corrected chi connectivity index (χ2v) is 4.76. The van der Waals surface area contributed by atoms with E-state index >= 15 is 0 Å². The first-order valence-electron chi connectivity index (χ1n) is 5.60. The Bertz CT molecular complexity index is 256. The number of hydrogen-bond acceptors (Lipinski definition) is 2. The summed E-state index contributed by atoms with van der Waals surface area (Å²) >= 11 is 0. The molecule has 3 aliphatic rings. The fourth-order valence-corrected chi connectivity index (χ4v) is 2.82. The molecule has 0 aromatic carbocycles. The molecule has 0 aromatic rings. The lowest BCUT2D eigenvalue weighted by molar-refractivity contribution is 0.123. The predicted molar refractivity (Wildman–Crippen MR) is 53.1 cm³/mol. The van der Waals surface area contributed by atoms with Crippen molar-refractivity contribution in [3.05, 3.63) is 0 Å². The van der Waals surface area contributed by atoms with E-state index in [4.69, 9.17) is 0 Å². The lowest BCUT2D eigenvalue weighted by Crippen LogP contribution is -2.57. The van der Waals surface area contributed by atoms with Gasteiger partial charge in [0.2, 0.25) is 0 Å². The van der Waals surface area contributed by atoms with Crippen molar-refractivity contribution in [1.82, 2.24) is 15.5 Å². The van der Waals surface area contributed by atoms with Crippen molar-refractivity contribution in [1.29, 1.82) is 0 Å². The zero-order chi connectivity index (χ0) is 9.60. The number of carbonyl (C=O) groups excluding carboxylic acids is 1. The number of urea groups is 1. The molecule has 0 bridgehead atoms. The highest BCUT2D eigenvalue weighted by Crippen LogP contribution is 2.38. The fraction of sp³-hybridized carbons (Fsp3) is 0.900. The van der Waals surface area contributed by atoms with Gasteiger partial charge in [0.1, 0.15) is 0 Å². The Morgan fingerprint density at radius 2 is 2.21 bits per heavy atom. The van der Waals surface area contributed by atoms with Gasteiger partial charge >= 0.3 is 6.03 Å². The Balaban J connectivity index is 1.85. The van der Waals surface area contributed by atoms with E-state index in [1.807, 2.05) is 0 Å². The number of rotatable bonds is 1. The summed E-state index contributed by atoms with van der Waals surface area (Å²) in [5, 5.41) is 6.42. The molecule has 3 fully saturated rings. The summed E-state index contributed by atoms with van der Waals surface area (Å²) in [5.41, 5.74) is 0.108. The van der Waals surface area contributed by atoms with Gasteiger partial charge in [0, 0.05) is 19.1 Å². The van der Waals surface area contributed by atoms with E-state index in [0.29, 0.717) is 6.04 Å². The first-order valence-corrected chi connectivity index (χ1v) is 5.60. The second-order valence-electron chi connectivity index (χ2n) is 4.76. The van der Waals surface area contributed by atoms with Crippen LogP contribution < -0.4 is 10.6 Å². The summed E-state index contributed by atoms with van der Waals surface area (Å²) in [4.78, 5) is 13.8. The van der Waals surface area contributed by atoms with Gasteiger partial charge in [-0.3, -0.25) is 0 Å². The zero-order valence-electron chi connectivity index (χ0n) is 8.38. The summed E-state index contributed by atoms with van der Waals surface area (Å²) in [6.07, 6.45) is 4.76. The van der Waals surface area contributed by atoms with Crippen molar-refractivity contribution in [2.45, 2.75) is 37.3 Å². The Hall–Kier alpha value is -0.770. The lowest BCUT2D eigenvalue weighted by atomic mass is 9.89. The average Bonchev–Trinajstić information content (AvgIpc) is 2.97. The minimum Gasteiger partial charge on any atom is -0.336 e. The lowest BCUT2D eigenvalue weighted by Gasteiger charge is -2.40. The maximum absolute atomic E-state index is 11.7. The molecular weight excluding hydrogens is 178 g/mol. The van der Waals surface area contributed by atoms with Gasteiger partial charge in [-0.25, -0.2) is 4.79 Å². The molecule has 4 heteroatoms. The molecule has 1 unspecified atom stereocenters. The first-order chi connectivity index (χ1) is 6.82. The topological polar surface area (TPSA) is 44.4 Å². The Morgan fingerprint density at radius 1 is 1.36 bits per heavy atom. The third kappa shape index (κ3) is 1.13. The predicted octanol–water partition coefficient (Wildman–Crippen LogP) is 0.296. The van der Waals surface area contributed by atoms with Crippen LogP contribution >= 0.6 is 0 Å². The third-order valence-electron chi connectivity index (χ3n) is 3.66. The van der Waals surface area contributed by atoms with E-state index in [1.165, 1.54) is 19.3 Å². The molecule has 1 saturated carbocycles. The van der Waals surface area contributed by atoms with Gasteiger partial charge in [-0.2, -0.15) is 0 Å². The molecule has 2 N–H and O–H groups in total. The number of nitrogens with zero attached hydrogens (tertiary/aromatic N) is 1. The van der Waals surface area contributed by atoms with Crippen LogP contribution in [0, 0.1) is 0 Å². The number of amides is 2. The summed E-state index contributed by atoms with van der Waals surface area (Å²) in [7, 11) is 0. The first kappa shape index (κ1) is 8.53. The maximum atomic E-state index is 11.7. The van der Waals surface area contributed by atoms with Crippen molar-refractivity contribution in [2.24, 2.45) is 0 Å². The molecule has 78 valence electrons. The molecule has 4 nitrogen and oxygen atoms in total. The van der Waals surface area contributed by atoms with Crippen LogP contribution in [0.15, 0.2) is 0 Å². The van der Waals surface area contributed by atoms with Crippen LogP contribution in [-0.2, 0) is 0 Å². The van der Waals surface area contributed by atoms with Gasteiger partial charge in [0.05, 0.1) is 5.54 Å². The number of carbonyl (C=O) groups is 1. The summed E-state index contributed by atoms with van der Waals surface area (Å²) in [5.74, 6) is 0. The number of piperidine rings is 1. The summed E-state index contributed by atoms with van der Waals surface area (Å²) in [6, 6.07) is 0.702. The highest BCUT2D eigenvalue weighted by molar-refractivity contribution is 5.78. The zero-order valence-corrected chi connectivity index (χ0v) is 8.38. The van der Waals surface area contributed by atoms with E-state index in [2.05, 4.69) is 15.5 Å². The normalized spacial score (nSPS) is 37.7. The molecule has 2 amide bonds. The quantitative estimate of drug-likeness (QED) is 0.632. The van der Waals surface area contributed by atoms with E-state index in [1.54, 1.807) is 0 Å². The van der Waals surface area contributed by atoms with Crippen LogP contribution in [0.1, 0.15) is 25.7 Å². The minimum atomic E-state index is 0.108. The monoisotopic (exact) mass is 195 g/mol. The highest BCUT2D eigenvalue weighted by Gasteiger charge is 2.51. The fourth-order valence-electron chi connectivity index (χ4n) is 2.82. The molecule has 0 radical (unpaired) electrons. The van der Waals surface area contributed by atoms with Crippen LogP contribution in [0.25, 0.3) is 0 Å². The van der Waals surface area contributed by atoms with Crippen LogP contribution in [0.5, 0.6) is 0 Å². The third-order valence-corrected chi connectivity index (χ3v) is 3.66. The molecule has 2 saturated heterocycles. The number of hydrogen-bond donors (Lipinski definition) is 2. The van der Waals surface area contributed by atoms with Crippen molar-refractivity contribution >= 4 is 6.03 Å². The molecule has 1 atom stereocenters. The summed E-state index contributed by atoms with van der Waals surface area (Å²) < 4.78 is 0. The van der Waals surface area contributed by atoms with Gasteiger partial charge in [-0.1, -0.05) is 0 Å². The van der Waals surface area contributed by atoms with Gasteiger partial charge in [0.15, 0.2) is 0 Å². The van der Waals surface area contributed by atoms with Crippen LogP contribution in [0.3, 0.4) is 0 Å². The van der Waals surface area contributed by atoms with E-state index in [0.717, 1.165) is 26.1 Å². The minimum absolute atomic E-state index is 0.108. The van der Waals surface area contributed by atoms with Crippen molar-refractivity contribution < 1.29 is 4.79 Å². The molecule has 1 spiro atoms. The van der Waals surface area contributed by atoms with Gasteiger partial charge in [-0.15, -0.1) is 0 Å². The van der Waals surface area contributed by atoms with E-state index < -0.39 is 0 Å². The van der Waals surface area contributed by atoms with Gasteiger partial charge in [0.25, 0.3) is 0 Å². The van der Waals surface area contributed by atoms with Crippen LogP contribution in [0.2, 0.25) is 0 Å². The van der Waals surface area contributed by atoms with E-state index in [9.17, 15) is 4.79 Å². The van der Waals surface area contributed by atoms with Crippen molar-refractivity contribution in [3.8, 4) is 0 Å². The standard InChI is InChI=1S/C10H17N3O/c14-9-12-7-10(4-1-5-11-6-10)13(9)8-2-3-8/h8,11H,1-7H2,(H,12,14). The molecule has 0 aromatic heterocycles. The Kier molecular flexibility index (Phi) is 1.74. The number of nitrogens with one attached hydrogen (secondary N) is 2. The second kappa shape index (κ2) is 2.86. The van der Waals surface area contributed by atoms with Crippen LogP contribution in [0.4, 0.5) is 4.79 Å². The SMILES string of the molecule is O=C1NCC2(CCCNC2)N1C1CC1. The highest BCUT2D eigenvalue weighted by atomic mass is 16.2. The largest absolute Gasteiger partial charge is 0.336 e. The van der Waals surface area contributed by atoms with Crippen molar-refractivity contribution in [2.75, 3.05) is 19.6 Å². The molecular formula is C10H17N3O. The average molecular weight is 195 g/mol. The molecule has 2 heterocycles. The Labute approximate surface area is 84.0 Å². The molecule has 14 heavy (non-hydrogen) atoms. The van der Waals surface area contributed by atoms with Gasteiger partial charge in [-0.05, 0) is 32.2 Å². The molecule has 3 rings (SSSR count).